The summed E-state index contributed by atoms with van der Waals surface area (Å²) in [5.74, 6) is 2.15. The number of benzene rings is 2. The van der Waals surface area contributed by atoms with E-state index in [-0.39, 0.29) is 5.91 Å². The smallest absolute Gasteiger partial charge is 0.266 e. The molecule has 8 heteroatoms. The van der Waals surface area contributed by atoms with Crippen molar-refractivity contribution >= 4 is 33.3 Å². The van der Waals surface area contributed by atoms with Gasteiger partial charge in [0.15, 0.2) is 6.10 Å². The van der Waals surface area contributed by atoms with E-state index < -0.39 is 6.10 Å². The summed E-state index contributed by atoms with van der Waals surface area (Å²) in [6.07, 6.45) is -0.678. The van der Waals surface area contributed by atoms with Gasteiger partial charge in [-0.05, 0) is 55.7 Å². The van der Waals surface area contributed by atoms with Crippen LogP contribution in [-0.4, -0.2) is 33.9 Å². The number of thiazole rings is 1. The van der Waals surface area contributed by atoms with Crippen LogP contribution in [0.1, 0.15) is 37.9 Å². The molecule has 0 saturated carbocycles. The van der Waals surface area contributed by atoms with Gasteiger partial charge in [-0.15, -0.1) is 0 Å². The maximum absolute atomic E-state index is 12.8. The second kappa shape index (κ2) is 9.00. The Bertz CT molecular complexity index is 1240. The number of carbonyl (C=O) groups excluding carboxylic acids is 1. The lowest BCUT2D eigenvalue weighted by Crippen LogP contribution is -2.31. The Hall–Kier alpha value is -3.39. The van der Waals surface area contributed by atoms with Crippen molar-refractivity contribution in [2.45, 2.75) is 39.7 Å². The number of methoxy groups -OCH3 is 1. The van der Waals surface area contributed by atoms with Crippen LogP contribution < -0.4 is 14.8 Å². The van der Waals surface area contributed by atoms with Crippen LogP contribution in [-0.2, 0) is 4.79 Å². The van der Waals surface area contributed by atoms with E-state index in [1.165, 1.54) is 16.9 Å². The number of nitrogens with one attached hydrogen (secondary N) is 1. The Kier molecular flexibility index (Phi) is 6.14. The number of fused-ring (bicyclic) bond motifs is 1. The van der Waals surface area contributed by atoms with Crippen LogP contribution in [0.15, 0.2) is 48.5 Å². The molecule has 2 aromatic carbocycles. The van der Waals surface area contributed by atoms with Crippen LogP contribution in [0.3, 0.4) is 0 Å². The van der Waals surface area contributed by atoms with Gasteiger partial charge in [-0.1, -0.05) is 37.3 Å². The molecule has 1 atom stereocenters. The maximum atomic E-state index is 12.8. The Morgan fingerprint density at radius 1 is 1.06 bits per heavy atom. The van der Waals surface area contributed by atoms with Gasteiger partial charge in [0.1, 0.15) is 17.3 Å². The summed E-state index contributed by atoms with van der Waals surface area (Å²) in [5, 5.41) is 8.11. The maximum Gasteiger partial charge on any atom is 0.266 e. The number of hydrogen-bond acceptors (Lipinski definition) is 6. The van der Waals surface area contributed by atoms with Crippen molar-refractivity contribution in [2.75, 3.05) is 12.4 Å². The average molecular weight is 451 g/mol. The van der Waals surface area contributed by atoms with Crippen molar-refractivity contribution in [1.29, 1.82) is 0 Å². The van der Waals surface area contributed by atoms with Crippen LogP contribution in [0.2, 0.25) is 0 Å². The van der Waals surface area contributed by atoms with E-state index in [0.717, 1.165) is 21.7 Å². The zero-order valence-electron chi connectivity index (χ0n) is 18.7. The summed E-state index contributed by atoms with van der Waals surface area (Å²) in [6, 6.07) is 15.3. The lowest BCUT2D eigenvalue weighted by molar-refractivity contribution is -0.122. The van der Waals surface area contributed by atoms with E-state index in [9.17, 15) is 4.79 Å². The minimum absolute atomic E-state index is 0.262. The van der Waals surface area contributed by atoms with Crippen molar-refractivity contribution < 1.29 is 14.3 Å². The molecule has 166 valence electrons. The summed E-state index contributed by atoms with van der Waals surface area (Å²) in [7, 11) is 1.63. The van der Waals surface area contributed by atoms with Gasteiger partial charge in [0.2, 0.25) is 5.13 Å². The van der Waals surface area contributed by atoms with Crippen LogP contribution >= 0.6 is 11.3 Å². The topological polar surface area (TPSA) is 78.3 Å². The fourth-order valence-corrected chi connectivity index (χ4v) is 4.22. The lowest BCUT2D eigenvalue weighted by Gasteiger charge is -2.15. The molecule has 0 bridgehead atoms. The molecule has 0 saturated heterocycles. The molecule has 4 aromatic rings. The molecule has 0 aliphatic rings. The fraction of sp³-hybridized carbons (Fsp3) is 0.292. The SMILES string of the molecule is COc1ccc2nc(-n3nc(C)cc3NC(=O)C(C)Oc3ccc(C(C)C)cc3)sc2c1. The summed E-state index contributed by atoms with van der Waals surface area (Å²) in [5.41, 5.74) is 2.84. The number of aryl methyl sites for hydroxylation is 1. The number of nitrogens with zero attached hydrogens (tertiary/aromatic N) is 3. The first-order valence-electron chi connectivity index (χ1n) is 10.4. The van der Waals surface area contributed by atoms with Gasteiger partial charge in [-0.25, -0.2) is 4.98 Å². The van der Waals surface area contributed by atoms with Crippen molar-refractivity contribution in [3.63, 3.8) is 0 Å². The third-order valence-corrected chi connectivity index (χ3v) is 6.07. The third kappa shape index (κ3) is 4.60. The number of amides is 1. The van der Waals surface area contributed by atoms with Gasteiger partial charge >= 0.3 is 0 Å². The van der Waals surface area contributed by atoms with Gasteiger partial charge < -0.3 is 14.8 Å². The van der Waals surface area contributed by atoms with E-state index in [0.29, 0.717) is 22.6 Å². The van der Waals surface area contributed by atoms with E-state index >= 15 is 0 Å². The van der Waals surface area contributed by atoms with Gasteiger partial charge in [0.05, 0.1) is 23.0 Å². The first-order valence-corrected chi connectivity index (χ1v) is 11.2. The molecule has 32 heavy (non-hydrogen) atoms. The Balaban J connectivity index is 1.51. The van der Waals surface area contributed by atoms with Gasteiger partial charge in [-0.3, -0.25) is 4.79 Å². The fourth-order valence-electron chi connectivity index (χ4n) is 3.26. The van der Waals surface area contributed by atoms with Crippen molar-refractivity contribution in [3.05, 3.63) is 59.8 Å². The highest BCUT2D eigenvalue weighted by atomic mass is 32.1. The Morgan fingerprint density at radius 2 is 1.78 bits per heavy atom. The molecule has 0 spiro atoms. The quantitative estimate of drug-likeness (QED) is 0.412. The molecule has 7 nitrogen and oxygen atoms in total. The summed E-state index contributed by atoms with van der Waals surface area (Å²) >= 11 is 1.48. The second-order valence-electron chi connectivity index (χ2n) is 7.89. The number of anilines is 1. The van der Waals surface area contributed by atoms with E-state index in [4.69, 9.17) is 9.47 Å². The molecular weight excluding hydrogens is 424 g/mol. The predicted octanol–water partition coefficient (Wildman–Crippen LogP) is 5.33. The highest BCUT2D eigenvalue weighted by Gasteiger charge is 2.19. The Labute approximate surface area is 191 Å². The van der Waals surface area contributed by atoms with Crippen molar-refractivity contribution in [2.24, 2.45) is 0 Å². The molecule has 1 unspecified atom stereocenters. The average Bonchev–Trinajstić information content (AvgIpc) is 3.36. The normalized spacial score (nSPS) is 12.2. The molecule has 1 amide bonds. The number of carbonyl (C=O) groups is 1. The Morgan fingerprint density at radius 3 is 2.47 bits per heavy atom. The monoisotopic (exact) mass is 450 g/mol. The number of ether oxygens (including phenoxy) is 2. The van der Waals surface area contributed by atoms with Crippen molar-refractivity contribution in [3.8, 4) is 16.6 Å². The molecule has 2 aromatic heterocycles. The van der Waals surface area contributed by atoms with Crippen LogP contribution in [0.5, 0.6) is 11.5 Å². The zero-order valence-corrected chi connectivity index (χ0v) is 19.6. The minimum atomic E-state index is -0.678. The largest absolute Gasteiger partial charge is 0.497 e. The summed E-state index contributed by atoms with van der Waals surface area (Å²) in [4.78, 5) is 17.5. The predicted molar refractivity (Wildman–Crippen MR) is 127 cm³/mol. The summed E-state index contributed by atoms with van der Waals surface area (Å²) < 4.78 is 13.8. The van der Waals surface area contributed by atoms with Crippen LogP contribution in [0.25, 0.3) is 15.3 Å². The van der Waals surface area contributed by atoms with Crippen molar-refractivity contribution in [1.82, 2.24) is 14.8 Å². The molecule has 0 aliphatic carbocycles. The van der Waals surface area contributed by atoms with E-state index in [1.807, 2.05) is 55.5 Å². The van der Waals surface area contributed by atoms with Gasteiger partial charge in [-0.2, -0.15) is 9.78 Å². The molecule has 4 rings (SSSR count). The molecule has 0 aliphatic heterocycles. The first kappa shape index (κ1) is 21.8. The third-order valence-electron chi connectivity index (χ3n) is 5.08. The standard InChI is InChI=1S/C24H26N4O3S/c1-14(2)17-6-8-18(9-7-17)31-16(4)23(29)26-22-12-15(3)27-28(22)24-25-20-11-10-19(30-5)13-21(20)32-24/h6-14,16H,1-5H3,(H,26,29). The summed E-state index contributed by atoms with van der Waals surface area (Å²) in [6.45, 7) is 7.87. The molecule has 0 radical (unpaired) electrons. The van der Waals surface area contributed by atoms with E-state index in [1.54, 1.807) is 18.7 Å². The number of rotatable bonds is 7. The first-order chi connectivity index (χ1) is 15.3. The van der Waals surface area contributed by atoms with E-state index in [2.05, 4.69) is 29.2 Å². The zero-order chi connectivity index (χ0) is 22.8. The molecule has 0 fully saturated rings. The molecule has 2 heterocycles. The number of aromatic nitrogens is 3. The van der Waals surface area contributed by atoms with Gasteiger partial charge in [0.25, 0.3) is 5.91 Å². The number of hydrogen-bond donors (Lipinski definition) is 1. The van der Waals surface area contributed by atoms with Gasteiger partial charge in [0, 0.05) is 6.07 Å². The van der Waals surface area contributed by atoms with Crippen LogP contribution in [0.4, 0.5) is 5.82 Å². The lowest BCUT2D eigenvalue weighted by atomic mass is 10.0. The highest BCUT2D eigenvalue weighted by Crippen LogP contribution is 2.30. The highest BCUT2D eigenvalue weighted by molar-refractivity contribution is 7.20. The van der Waals surface area contributed by atoms with Crippen LogP contribution in [0, 0.1) is 6.92 Å². The molecular formula is C24H26N4O3S. The molecule has 1 N–H and O–H groups in total. The second-order valence-corrected chi connectivity index (χ2v) is 8.90. The minimum Gasteiger partial charge on any atom is -0.497 e.